The van der Waals surface area contributed by atoms with E-state index in [1.54, 1.807) is 6.07 Å². The summed E-state index contributed by atoms with van der Waals surface area (Å²) in [7, 11) is 0. The van der Waals surface area contributed by atoms with Crippen LogP contribution < -0.4 is 8.70 Å². The molecule has 0 fully saturated rings. The fraction of sp³-hybridized carbons (Fsp3) is 0. The first-order valence-electron chi connectivity index (χ1n) is 6.53. The van der Waals surface area contributed by atoms with Crippen molar-refractivity contribution in [2.24, 2.45) is 0 Å². The van der Waals surface area contributed by atoms with E-state index in [2.05, 4.69) is 27.0 Å². The number of nitro groups is 1. The number of hydrogen-bond acceptors (Lipinski definition) is 4. The molecule has 1 heterocycles. The summed E-state index contributed by atoms with van der Waals surface area (Å²) < 4.78 is 2.91. The monoisotopic (exact) mass is 428 g/mol. The summed E-state index contributed by atoms with van der Waals surface area (Å²) in [5.41, 5.74) is 1.14. The summed E-state index contributed by atoms with van der Waals surface area (Å²) in [5, 5.41) is 21.1. The van der Waals surface area contributed by atoms with Crippen molar-refractivity contribution in [2.75, 3.05) is 0 Å². The Labute approximate surface area is 146 Å². The molecule has 0 unspecified atom stereocenters. The van der Waals surface area contributed by atoms with Crippen LogP contribution in [0.2, 0.25) is 0 Å². The van der Waals surface area contributed by atoms with Gasteiger partial charge in [-0.2, -0.15) is 0 Å². The Morgan fingerprint density at radius 1 is 1.26 bits per heavy atom. The Kier molecular flexibility index (Phi) is 4.42. The number of benzene rings is 2. The van der Waals surface area contributed by atoms with Crippen LogP contribution in [0.4, 0.5) is 5.69 Å². The molecule has 23 heavy (non-hydrogen) atoms. The fourth-order valence-corrected chi connectivity index (χ4v) is 5.35. The van der Waals surface area contributed by atoms with E-state index in [-0.39, 0.29) is 5.69 Å². The van der Waals surface area contributed by atoms with E-state index >= 15 is 0 Å². The van der Waals surface area contributed by atoms with Gasteiger partial charge in [-0.15, -0.1) is 0 Å². The van der Waals surface area contributed by atoms with E-state index < -0.39 is 20.7 Å². The number of hydrogen-bond donors (Lipinski definition) is 0. The van der Waals surface area contributed by atoms with E-state index in [1.807, 2.05) is 24.3 Å². The van der Waals surface area contributed by atoms with Gasteiger partial charge in [-0.1, -0.05) is 0 Å². The molecule has 111 valence electrons. The van der Waals surface area contributed by atoms with Crippen molar-refractivity contribution in [3.8, 4) is 6.07 Å². The fourth-order valence-electron chi connectivity index (χ4n) is 2.16. The van der Waals surface area contributed by atoms with E-state index in [1.165, 1.54) is 18.3 Å². The number of aromatic nitrogens is 1. The first-order valence-corrected chi connectivity index (χ1v) is 9.20. The normalized spacial score (nSPS) is 11.0. The van der Waals surface area contributed by atoms with Crippen molar-refractivity contribution < 1.29 is 4.92 Å². The molecule has 3 aromatic rings. The van der Waals surface area contributed by atoms with Gasteiger partial charge in [0.15, 0.2) is 0 Å². The summed E-state index contributed by atoms with van der Waals surface area (Å²) >= 11 is 2.95. The number of fused-ring (bicyclic) bond motifs is 1. The molecule has 2 aromatic carbocycles. The van der Waals surface area contributed by atoms with Crippen LogP contribution in [0.5, 0.6) is 0 Å². The van der Waals surface area contributed by atoms with Gasteiger partial charge in [0.05, 0.1) is 0 Å². The van der Waals surface area contributed by atoms with Crippen molar-refractivity contribution in [3.05, 3.63) is 68.8 Å². The quantitative estimate of drug-likeness (QED) is 0.364. The van der Waals surface area contributed by atoms with Gasteiger partial charge in [-0.25, -0.2) is 0 Å². The second-order valence-corrected chi connectivity index (χ2v) is 8.09. The third kappa shape index (κ3) is 3.26. The minimum absolute atomic E-state index is 0.00563. The summed E-state index contributed by atoms with van der Waals surface area (Å²) in [5.74, 6) is 0. The third-order valence-corrected chi connectivity index (χ3v) is 6.30. The maximum absolute atomic E-state index is 11.0. The van der Waals surface area contributed by atoms with Crippen molar-refractivity contribution >= 4 is 57.0 Å². The first-order chi connectivity index (χ1) is 11.1. The Balaban J connectivity index is 2.21. The van der Waals surface area contributed by atoms with Gasteiger partial charge in [0, 0.05) is 0 Å². The molecule has 0 amide bonds. The van der Waals surface area contributed by atoms with Crippen LogP contribution in [0.1, 0.15) is 5.56 Å². The van der Waals surface area contributed by atoms with Gasteiger partial charge in [-0.3, -0.25) is 0 Å². The molecule has 1 radical (unpaired) electrons. The Hall–Kier alpha value is -2.22. The summed E-state index contributed by atoms with van der Waals surface area (Å²) in [6.45, 7) is 0. The van der Waals surface area contributed by atoms with E-state index in [0.29, 0.717) is 16.5 Å². The average Bonchev–Trinajstić information content (AvgIpc) is 2.54. The third-order valence-electron chi connectivity index (χ3n) is 3.20. The van der Waals surface area contributed by atoms with Gasteiger partial charge in [0.2, 0.25) is 0 Å². The van der Waals surface area contributed by atoms with Crippen LogP contribution in [0, 0.1) is 21.4 Å². The van der Waals surface area contributed by atoms with Gasteiger partial charge in [-0.05, 0) is 0 Å². The van der Waals surface area contributed by atoms with Gasteiger partial charge in [0.1, 0.15) is 0 Å². The first kappa shape index (κ1) is 15.7. The van der Waals surface area contributed by atoms with Gasteiger partial charge >= 0.3 is 147 Å². The number of non-ortho nitro benzene ring substituents is 1. The molecule has 0 saturated carbocycles. The van der Waals surface area contributed by atoms with E-state index in [0.717, 1.165) is 13.2 Å². The molecule has 3 rings (SSSR count). The molecular weight excluding hydrogens is 421 g/mol. The molecule has 0 aliphatic rings. The molecule has 0 saturated heterocycles. The number of nitrogens with zero attached hydrogens (tertiary/aromatic N) is 3. The van der Waals surface area contributed by atoms with Crippen LogP contribution in [0.25, 0.3) is 10.9 Å². The zero-order chi connectivity index (χ0) is 16.4. The molecule has 0 atom stereocenters. The number of pyridine rings is 1. The number of halogens is 1. The van der Waals surface area contributed by atoms with Crippen molar-refractivity contribution in [1.82, 2.24) is 4.98 Å². The van der Waals surface area contributed by atoms with Crippen molar-refractivity contribution in [1.29, 1.82) is 5.26 Å². The van der Waals surface area contributed by atoms with Crippen molar-refractivity contribution in [2.45, 2.75) is 0 Å². The van der Waals surface area contributed by atoms with E-state index in [4.69, 9.17) is 0 Å². The molecule has 0 N–H and O–H groups in total. The molecule has 0 aliphatic carbocycles. The predicted octanol–water partition coefficient (Wildman–Crippen LogP) is 2.43. The molecule has 5 nitrogen and oxygen atoms in total. The molecule has 0 aliphatic heterocycles. The van der Waals surface area contributed by atoms with Crippen LogP contribution in [-0.4, -0.2) is 25.7 Å². The molecular formula is C16H8AsBrN3O2. The second kappa shape index (κ2) is 6.49. The van der Waals surface area contributed by atoms with Gasteiger partial charge in [0.25, 0.3) is 0 Å². The second-order valence-electron chi connectivity index (χ2n) is 4.68. The number of nitriles is 1. The Morgan fingerprint density at radius 3 is 2.78 bits per heavy atom. The SMILES string of the molecule is N#Cc1cnc2ccc([N+](=O)[O-])cc2c1[As]c1cccc(Br)c1. The maximum atomic E-state index is 11.0. The predicted molar refractivity (Wildman–Crippen MR) is 92.3 cm³/mol. The number of rotatable bonds is 3. The van der Waals surface area contributed by atoms with Crippen molar-refractivity contribution in [3.63, 3.8) is 0 Å². The van der Waals surface area contributed by atoms with Crippen LogP contribution in [-0.2, 0) is 0 Å². The summed E-state index contributed by atoms with van der Waals surface area (Å²) in [6.07, 6.45) is 1.54. The van der Waals surface area contributed by atoms with Crippen LogP contribution >= 0.6 is 15.9 Å². The zero-order valence-corrected chi connectivity index (χ0v) is 15.1. The molecule has 7 heteroatoms. The summed E-state index contributed by atoms with van der Waals surface area (Å²) in [6, 6.07) is 14.6. The molecule has 0 bridgehead atoms. The Morgan fingerprint density at radius 2 is 2.09 bits per heavy atom. The standard InChI is InChI=1S/C16H8AsBrN3O2/c18-12-3-1-2-11(6-12)17-16-10(8-19)9-20-15-5-4-13(21(22)23)7-14(15)16/h1-7,9H. The van der Waals surface area contributed by atoms with Crippen LogP contribution in [0.15, 0.2) is 53.1 Å². The van der Waals surface area contributed by atoms with Crippen LogP contribution in [0.3, 0.4) is 0 Å². The van der Waals surface area contributed by atoms with Gasteiger partial charge < -0.3 is 0 Å². The topological polar surface area (TPSA) is 79.8 Å². The minimum atomic E-state index is -0.493. The Bertz CT molecular complexity index is 969. The van der Waals surface area contributed by atoms with E-state index in [9.17, 15) is 15.4 Å². The average molecular weight is 429 g/mol. The zero-order valence-electron chi connectivity index (χ0n) is 11.6. The molecule has 1 aromatic heterocycles. The summed E-state index contributed by atoms with van der Waals surface area (Å²) in [4.78, 5) is 14.8. The number of nitro benzene ring substituents is 1. The molecule has 0 spiro atoms.